The average Bonchev–Trinajstić information content (AvgIpc) is 2.83. The zero-order valence-electron chi connectivity index (χ0n) is 19.8. The lowest BCUT2D eigenvalue weighted by molar-refractivity contribution is -0.118. The van der Waals surface area contributed by atoms with Crippen LogP contribution in [0.2, 0.25) is 0 Å². The van der Waals surface area contributed by atoms with Crippen LogP contribution in [-0.2, 0) is 20.2 Å². The highest BCUT2D eigenvalue weighted by Crippen LogP contribution is 2.28. The fourth-order valence-electron chi connectivity index (χ4n) is 3.14. The lowest BCUT2D eigenvalue weighted by atomic mass is 9.82. The largest absolute Gasteiger partial charge is 0.497 e. The van der Waals surface area contributed by atoms with Crippen LogP contribution in [0.25, 0.3) is 0 Å². The number of ether oxygens (including phenoxy) is 2. The predicted octanol–water partition coefficient (Wildman–Crippen LogP) is 5.20. The quantitative estimate of drug-likeness (QED) is 0.414. The van der Waals surface area contributed by atoms with Gasteiger partial charge in [-0.05, 0) is 78.1 Å². The molecule has 0 aliphatic rings. The molecule has 0 atom stereocenters. The van der Waals surface area contributed by atoms with Crippen LogP contribution < -0.4 is 19.5 Å². The highest BCUT2D eigenvalue weighted by Gasteiger charge is 2.18. The molecule has 7 nitrogen and oxygen atoms in total. The van der Waals surface area contributed by atoms with Crippen LogP contribution in [0.5, 0.6) is 11.5 Å². The molecule has 180 valence electrons. The van der Waals surface area contributed by atoms with E-state index >= 15 is 0 Å². The van der Waals surface area contributed by atoms with Crippen molar-refractivity contribution < 1.29 is 22.7 Å². The topological polar surface area (TPSA) is 93.7 Å². The first-order chi connectivity index (χ1) is 16.1. The number of amides is 1. The number of benzene rings is 3. The van der Waals surface area contributed by atoms with E-state index in [0.29, 0.717) is 22.9 Å². The Morgan fingerprint density at radius 3 is 1.97 bits per heavy atom. The normalized spacial score (nSPS) is 11.5. The number of sulfonamides is 1. The van der Waals surface area contributed by atoms with Crippen molar-refractivity contribution in [2.45, 2.75) is 37.5 Å². The van der Waals surface area contributed by atoms with Crippen LogP contribution in [0, 0.1) is 0 Å². The maximum atomic E-state index is 12.6. The fraction of sp³-hybridized carbons (Fsp3) is 0.269. The minimum atomic E-state index is -3.77. The van der Waals surface area contributed by atoms with E-state index in [-0.39, 0.29) is 22.8 Å². The van der Waals surface area contributed by atoms with Crippen molar-refractivity contribution in [3.05, 3.63) is 78.4 Å². The van der Waals surface area contributed by atoms with Crippen LogP contribution in [-0.4, -0.2) is 28.0 Å². The van der Waals surface area contributed by atoms with Crippen LogP contribution in [0.15, 0.2) is 77.7 Å². The molecule has 2 N–H and O–H groups in total. The highest BCUT2D eigenvalue weighted by atomic mass is 32.2. The zero-order valence-corrected chi connectivity index (χ0v) is 20.6. The van der Waals surface area contributed by atoms with Gasteiger partial charge in [-0.25, -0.2) is 8.42 Å². The molecule has 0 aliphatic carbocycles. The van der Waals surface area contributed by atoms with Gasteiger partial charge in [0, 0.05) is 11.4 Å². The van der Waals surface area contributed by atoms with Gasteiger partial charge in [0.2, 0.25) is 0 Å². The molecule has 3 aromatic rings. The Morgan fingerprint density at radius 2 is 1.41 bits per heavy atom. The molecular weight excluding hydrogens is 452 g/mol. The third kappa shape index (κ3) is 6.51. The maximum absolute atomic E-state index is 12.6. The van der Waals surface area contributed by atoms with E-state index < -0.39 is 10.0 Å². The van der Waals surface area contributed by atoms with Crippen LogP contribution in [0.1, 0.15) is 32.8 Å². The molecule has 0 saturated heterocycles. The van der Waals surface area contributed by atoms with E-state index in [0.717, 1.165) is 6.42 Å². The van der Waals surface area contributed by atoms with Gasteiger partial charge in [-0.15, -0.1) is 0 Å². The van der Waals surface area contributed by atoms with Crippen molar-refractivity contribution in [1.29, 1.82) is 0 Å². The Morgan fingerprint density at radius 1 is 0.853 bits per heavy atom. The Kier molecular flexibility index (Phi) is 7.83. The highest BCUT2D eigenvalue weighted by molar-refractivity contribution is 7.92. The number of anilines is 2. The number of carbonyl (C=O) groups is 1. The predicted molar refractivity (Wildman–Crippen MR) is 134 cm³/mol. The van der Waals surface area contributed by atoms with Gasteiger partial charge in [0.15, 0.2) is 6.61 Å². The lowest BCUT2D eigenvalue weighted by Crippen LogP contribution is -2.20. The molecule has 0 heterocycles. The van der Waals surface area contributed by atoms with Crippen LogP contribution >= 0.6 is 0 Å². The van der Waals surface area contributed by atoms with Crippen molar-refractivity contribution in [3.8, 4) is 11.5 Å². The summed E-state index contributed by atoms with van der Waals surface area (Å²) in [5.74, 6) is 0.895. The standard InChI is InChI=1S/C26H30N2O5S/c1-5-26(2,3)19-6-12-23(13-7-19)33-18-25(29)27-20-10-16-24(17-11-20)34(30,31)28-21-8-14-22(32-4)15-9-21/h6-17,28H,5,18H2,1-4H3,(H,27,29). The van der Waals surface area contributed by atoms with Gasteiger partial charge >= 0.3 is 0 Å². The number of carbonyl (C=O) groups excluding carboxylic acids is 1. The SMILES string of the molecule is CCC(C)(C)c1ccc(OCC(=O)Nc2ccc(S(=O)(=O)Nc3ccc(OC)cc3)cc2)cc1. The molecule has 0 fully saturated rings. The van der Waals surface area contributed by atoms with E-state index in [4.69, 9.17) is 9.47 Å². The van der Waals surface area contributed by atoms with E-state index in [9.17, 15) is 13.2 Å². The molecule has 0 unspecified atom stereocenters. The summed E-state index contributed by atoms with van der Waals surface area (Å²) in [4.78, 5) is 12.3. The first kappa shape index (κ1) is 25.1. The second-order valence-corrected chi connectivity index (χ2v) is 10.1. The number of hydrogen-bond acceptors (Lipinski definition) is 5. The summed E-state index contributed by atoms with van der Waals surface area (Å²) in [6.07, 6.45) is 1.02. The molecule has 0 spiro atoms. The Labute approximate surface area is 201 Å². The summed E-state index contributed by atoms with van der Waals surface area (Å²) >= 11 is 0. The molecule has 1 amide bonds. The minimum absolute atomic E-state index is 0.0765. The Hall–Kier alpha value is -3.52. The Balaban J connectivity index is 1.54. The number of nitrogens with one attached hydrogen (secondary N) is 2. The monoisotopic (exact) mass is 482 g/mol. The molecule has 3 aromatic carbocycles. The Bertz CT molecular complexity index is 1200. The van der Waals surface area contributed by atoms with Gasteiger partial charge in [-0.2, -0.15) is 0 Å². The number of rotatable bonds is 10. The minimum Gasteiger partial charge on any atom is -0.497 e. The summed E-state index contributed by atoms with van der Waals surface area (Å²) in [6.45, 7) is 6.35. The molecule has 0 aliphatic heterocycles. The van der Waals surface area contributed by atoms with Crippen LogP contribution in [0.3, 0.4) is 0 Å². The average molecular weight is 483 g/mol. The first-order valence-electron chi connectivity index (χ1n) is 10.9. The second-order valence-electron chi connectivity index (χ2n) is 8.46. The van der Waals surface area contributed by atoms with Crippen molar-refractivity contribution in [1.82, 2.24) is 0 Å². The summed E-state index contributed by atoms with van der Waals surface area (Å²) in [6, 6.07) is 20.2. The van der Waals surface area contributed by atoms with E-state index in [1.807, 2.05) is 24.3 Å². The van der Waals surface area contributed by atoms with Crippen LogP contribution in [0.4, 0.5) is 11.4 Å². The molecule has 8 heteroatoms. The second kappa shape index (κ2) is 10.6. The van der Waals surface area contributed by atoms with E-state index in [1.54, 1.807) is 24.3 Å². The van der Waals surface area contributed by atoms with Gasteiger partial charge < -0.3 is 14.8 Å². The molecule has 3 rings (SSSR count). The van der Waals surface area contributed by atoms with Gasteiger partial charge in [-0.1, -0.05) is 32.9 Å². The maximum Gasteiger partial charge on any atom is 0.262 e. The summed E-state index contributed by atoms with van der Waals surface area (Å²) in [5.41, 5.74) is 2.18. The van der Waals surface area contributed by atoms with Crippen molar-refractivity contribution in [2.75, 3.05) is 23.8 Å². The van der Waals surface area contributed by atoms with Crippen molar-refractivity contribution in [3.63, 3.8) is 0 Å². The van der Waals surface area contributed by atoms with Gasteiger partial charge in [-0.3, -0.25) is 9.52 Å². The third-order valence-electron chi connectivity index (χ3n) is 5.68. The zero-order chi connectivity index (χ0) is 24.8. The van der Waals surface area contributed by atoms with E-state index in [2.05, 4.69) is 30.8 Å². The molecule has 0 saturated carbocycles. The molecule has 0 bridgehead atoms. The van der Waals surface area contributed by atoms with Crippen molar-refractivity contribution >= 4 is 27.3 Å². The smallest absolute Gasteiger partial charge is 0.262 e. The summed E-state index contributed by atoms with van der Waals surface area (Å²) in [7, 11) is -2.23. The molecule has 0 aromatic heterocycles. The van der Waals surface area contributed by atoms with E-state index in [1.165, 1.54) is 36.9 Å². The molecule has 0 radical (unpaired) electrons. The summed E-state index contributed by atoms with van der Waals surface area (Å²) in [5, 5.41) is 2.70. The molecular formula is C26H30N2O5S. The van der Waals surface area contributed by atoms with Gasteiger partial charge in [0.25, 0.3) is 15.9 Å². The molecule has 34 heavy (non-hydrogen) atoms. The van der Waals surface area contributed by atoms with Gasteiger partial charge in [0.1, 0.15) is 11.5 Å². The number of methoxy groups -OCH3 is 1. The summed E-state index contributed by atoms with van der Waals surface area (Å²) < 4.78 is 38.4. The fourth-order valence-corrected chi connectivity index (χ4v) is 4.20. The van der Waals surface area contributed by atoms with Gasteiger partial charge in [0.05, 0.1) is 12.0 Å². The van der Waals surface area contributed by atoms with Crippen molar-refractivity contribution in [2.24, 2.45) is 0 Å². The third-order valence-corrected chi connectivity index (χ3v) is 7.08. The number of hydrogen-bond donors (Lipinski definition) is 2. The lowest BCUT2D eigenvalue weighted by Gasteiger charge is -2.23. The first-order valence-corrected chi connectivity index (χ1v) is 12.4.